The number of hydrogen-bond donors (Lipinski definition) is 1. The number of carbonyl (C=O) groups excluding carboxylic acids is 1. The molecule has 0 spiro atoms. The Hall–Kier alpha value is -2.08. The number of pyridine rings is 1. The molecule has 0 atom stereocenters. The molecule has 1 amide bonds. The average Bonchev–Trinajstić information content (AvgIpc) is 2.40. The molecule has 0 saturated carbocycles. The van der Waals surface area contributed by atoms with E-state index in [1.165, 1.54) is 6.20 Å². The minimum Gasteiger partial charge on any atom is -0.319 e. The van der Waals surface area contributed by atoms with Crippen molar-refractivity contribution < 1.29 is 18.0 Å². The van der Waals surface area contributed by atoms with Crippen LogP contribution in [0.5, 0.6) is 0 Å². The summed E-state index contributed by atoms with van der Waals surface area (Å²) in [7, 11) is 0. The summed E-state index contributed by atoms with van der Waals surface area (Å²) >= 11 is 5.80. The fourth-order valence-electron chi connectivity index (χ4n) is 1.56. The van der Waals surface area contributed by atoms with Gasteiger partial charge in [0.1, 0.15) is 0 Å². The fraction of sp³-hybridized carbons (Fsp3) is 0.0769. The molecule has 0 aliphatic heterocycles. The maximum Gasteiger partial charge on any atom is 0.258 e. The number of aromatic nitrogens is 1. The van der Waals surface area contributed by atoms with Crippen LogP contribution in [0.3, 0.4) is 0 Å². The lowest BCUT2D eigenvalue weighted by molar-refractivity contribution is 0.102. The van der Waals surface area contributed by atoms with Crippen LogP contribution in [0.1, 0.15) is 15.9 Å². The molecule has 0 saturated heterocycles. The third-order valence-corrected chi connectivity index (χ3v) is 2.92. The van der Waals surface area contributed by atoms with Gasteiger partial charge in [-0.3, -0.25) is 4.79 Å². The first-order chi connectivity index (χ1) is 9.41. The normalized spacial score (nSPS) is 10.4. The van der Waals surface area contributed by atoms with E-state index in [4.69, 9.17) is 11.6 Å². The van der Waals surface area contributed by atoms with Gasteiger partial charge >= 0.3 is 0 Å². The highest BCUT2D eigenvalue weighted by Crippen LogP contribution is 2.24. The first kappa shape index (κ1) is 14.3. The van der Waals surface area contributed by atoms with Crippen molar-refractivity contribution in [1.29, 1.82) is 0 Å². The molecule has 0 unspecified atom stereocenters. The van der Waals surface area contributed by atoms with Crippen LogP contribution < -0.4 is 5.32 Å². The first-order valence-corrected chi connectivity index (χ1v) is 5.85. The van der Waals surface area contributed by atoms with Crippen molar-refractivity contribution >= 4 is 23.2 Å². The van der Waals surface area contributed by atoms with E-state index in [-0.39, 0.29) is 10.8 Å². The van der Waals surface area contributed by atoms with Crippen molar-refractivity contribution in [1.82, 2.24) is 4.98 Å². The number of nitrogens with zero attached hydrogens (tertiary/aromatic N) is 1. The van der Waals surface area contributed by atoms with Crippen molar-refractivity contribution in [2.75, 3.05) is 5.32 Å². The lowest BCUT2D eigenvalue weighted by Gasteiger charge is -2.10. The maximum absolute atomic E-state index is 13.5. The Morgan fingerprint density at radius 1 is 1.20 bits per heavy atom. The van der Waals surface area contributed by atoms with Gasteiger partial charge in [-0.15, -0.1) is 0 Å². The van der Waals surface area contributed by atoms with E-state index < -0.39 is 28.9 Å². The van der Waals surface area contributed by atoms with Crippen LogP contribution in [0.15, 0.2) is 24.4 Å². The zero-order valence-corrected chi connectivity index (χ0v) is 10.9. The zero-order valence-electron chi connectivity index (χ0n) is 10.2. The van der Waals surface area contributed by atoms with Gasteiger partial charge in [0.05, 0.1) is 11.3 Å². The average molecular weight is 301 g/mol. The summed E-state index contributed by atoms with van der Waals surface area (Å²) in [5.74, 6) is -5.57. The Bertz CT molecular complexity index is 671. The van der Waals surface area contributed by atoms with Crippen molar-refractivity contribution in [2.24, 2.45) is 0 Å². The third kappa shape index (κ3) is 2.60. The number of hydrogen-bond acceptors (Lipinski definition) is 2. The summed E-state index contributed by atoms with van der Waals surface area (Å²) < 4.78 is 39.4. The Kier molecular flexibility index (Phi) is 3.94. The summed E-state index contributed by atoms with van der Waals surface area (Å²) in [6, 6.07) is 3.11. The van der Waals surface area contributed by atoms with Crippen molar-refractivity contribution in [3.8, 4) is 0 Å². The molecule has 1 aromatic carbocycles. The number of halogens is 4. The highest BCUT2D eigenvalue weighted by Gasteiger charge is 2.20. The van der Waals surface area contributed by atoms with Crippen LogP contribution in [-0.2, 0) is 0 Å². The van der Waals surface area contributed by atoms with Gasteiger partial charge in [-0.05, 0) is 30.7 Å². The lowest BCUT2D eigenvalue weighted by Crippen LogP contribution is -2.16. The minimum absolute atomic E-state index is 0.0151. The number of rotatable bonds is 2. The summed E-state index contributed by atoms with van der Waals surface area (Å²) in [4.78, 5) is 15.6. The molecule has 20 heavy (non-hydrogen) atoms. The molecular formula is C13H8ClF3N2O. The number of nitrogens with one attached hydrogen (secondary N) is 1. The van der Waals surface area contributed by atoms with E-state index in [0.717, 1.165) is 6.07 Å². The third-order valence-electron chi connectivity index (χ3n) is 2.63. The lowest BCUT2D eigenvalue weighted by atomic mass is 10.1. The van der Waals surface area contributed by atoms with Crippen LogP contribution in [0.4, 0.5) is 18.9 Å². The topological polar surface area (TPSA) is 42.0 Å². The molecule has 7 heteroatoms. The molecule has 0 aliphatic carbocycles. The van der Waals surface area contributed by atoms with Gasteiger partial charge in [0, 0.05) is 6.20 Å². The van der Waals surface area contributed by atoms with Crippen molar-refractivity contribution in [2.45, 2.75) is 6.92 Å². The summed E-state index contributed by atoms with van der Waals surface area (Å²) in [5.41, 5.74) is 0.160. The Morgan fingerprint density at radius 3 is 2.55 bits per heavy atom. The van der Waals surface area contributed by atoms with Gasteiger partial charge in [-0.25, -0.2) is 18.2 Å². The van der Waals surface area contributed by atoms with Crippen LogP contribution in [-0.4, -0.2) is 10.9 Å². The smallest absolute Gasteiger partial charge is 0.258 e. The van der Waals surface area contributed by atoms with Crippen LogP contribution in [0.25, 0.3) is 0 Å². The van der Waals surface area contributed by atoms with E-state index in [0.29, 0.717) is 11.6 Å². The zero-order chi connectivity index (χ0) is 14.9. The number of benzene rings is 1. The maximum atomic E-state index is 13.5. The number of amides is 1. The van der Waals surface area contributed by atoms with Gasteiger partial charge in [-0.2, -0.15) is 0 Å². The Labute approximate surface area is 117 Å². The summed E-state index contributed by atoms with van der Waals surface area (Å²) in [5, 5.41) is 2.33. The first-order valence-electron chi connectivity index (χ1n) is 5.47. The molecule has 0 radical (unpaired) electrons. The standard InChI is InChI=1S/C13H8ClF3N2O/c1-6-4-5-18-12(14)11(6)19-13(20)7-2-3-8(15)10(17)9(7)16/h2-5H,1H3,(H,19,20). The van der Waals surface area contributed by atoms with E-state index in [9.17, 15) is 18.0 Å². The van der Waals surface area contributed by atoms with E-state index in [1.807, 2.05) is 0 Å². The fourth-order valence-corrected chi connectivity index (χ4v) is 1.81. The number of aryl methyl sites for hydroxylation is 1. The van der Waals surface area contributed by atoms with Crippen LogP contribution in [0, 0.1) is 24.4 Å². The van der Waals surface area contributed by atoms with E-state index >= 15 is 0 Å². The molecule has 3 nitrogen and oxygen atoms in total. The molecule has 104 valence electrons. The van der Waals surface area contributed by atoms with E-state index in [2.05, 4.69) is 10.3 Å². The molecule has 0 bridgehead atoms. The number of anilines is 1. The minimum atomic E-state index is -1.70. The SMILES string of the molecule is Cc1ccnc(Cl)c1NC(=O)c1ccc(F)c(F)c1F. The monoisotopic (exact) mass is 300 g/mol. The van der Waals surface area contributed by atoms with Gasteiger partial charge in [-0.1, -0.05) is 11.6 Å². The van der Waals surface area contributed by atoms with Crippen molar-refractivity contribution in [3.63, 3.8) is 0 Å². The molecule has 1 heterocycles. The molecular weight excluding hydrogens is 293 g/mol. The van der Waals surface area contributed by atoms with Gasteiger partial charge in [0.15, 0.2) is 22.6 Å². The van der Waals surface area contributed by atoms with Gasteiger partial charge in [0.25, 0.3) is 5.91 Å². The number of carbonyl (C=O) groups is 1. The summed E-state index contributed by atoms with van der Waals surface area (Å²) in [6.45, 7) is 1.66. The predicted octanol–water partition coefficient (Wildman–Crippen LogP) is 3.71. The largest absolute Gasteiger partial charge is 0.319 e. The second-order valence-corrected chi connectivity index (χ2v) is 4.33. The Balaban J connectivity index is 2.36. The quantitative estimate of drug-likeness (QED) is 0.678. The van der Waals surface area contributed by atoms with Gasteiger partial charge in [0.2, 0.25) is 0 Å². The Morgan fingerprint density at radius 2 is 1.90 bits per heavy atom. The molecule has 1 aromatic heterocycles. The molecule has 2 aromatic rings. The second kappa shape index (κ2) is 5.50. The van der Waals surface area contributed by atoms with Crippen molar-refractivity contribution in [3.05, 3.63) is 58.1 Å². The van der Waals surface area contributed by atoms with Crippen LogP contribution >= 0.6 is 11.6 Å². The molecule has 2 rings (SSSR count). The second-order valence-electron chi connectivity index (χ2n) is 3.97. The summed E-state index contributed by atoms with van der Waals surface area (Å²) in [6.07, 6.45) is 1.44. The predicted molar refractivity (Wildman–Crippen MR) is 68.3 cm³/mol. The van der Waals surface area contributed by atoms with E-state index in [1.54, 1.807) is 13.0 Å². The molecule has 0 fully saturated rings. The van der Waals surface area contributed by atoms with Crippen LogP contribution in [0.2, 0.25) is 5.15 Å². The van der Waals surface area contributed by atoms with Gasteiger partial charge < -0.3 is 5.32 Å². The molecule has 1 N–H and O–H groups in total. The molecule has 0 aliphatic rings. The highest BCUT2D eigenvalue weighted by atomic mass is 35.5. The highest BCUT2D eigenvalue weighted by molar-refractivity contribution is 6.32.